The van der Waals surface area contributed by atoms with Crippen LogP contribution in [-0.2, 0) is 10.0 Å². The lowest BCUT2D eigenvalue weighted by Crippen LogP contribution is -2.54. The Bertz CT molecular complexity index is 811. The number of nitrogens with zero attached hydrogens (tertiary/aromatic N) is 2. The highest BCUT2D eigenvalue weighted by molar-refractivity contribution is 7.89. The van der Waals surface area contributed by atoms with Crippen molar-refractivity contribution in [2.75, 3.05) is 26.2 Å². The van der Waals surface area contributed by atoms with Gasteiger partial charge in [-0.2, -0.15) is 4.31 Å². The fraction of sp³-hybridized carbons (Fsp3) is 0.667. The molecule has 1 aliphatic carbocycles. The maximum absolute atomic E-state index is 13.0. The summed E-state index contributed by atoms with van der Waals surface area (Å²) in [6.45, 7) is 7.16. The van der Waals surface area contributed by atoms with Crippen LogP contribution >= 0.6 is 0 Å². The molecule has 0 aromatic heterocycles. The number of amides is 2. The Morgan fingerprint density at radius 1 is 1.10 bits per heavy atom. The zero-order valence-corrected chi connectivity index (χ0v) is 18.5. The normalized spacial score (nSPS) is 19.4. The summed E-state index contributed by atoms with van der Waals surface area (Å²) in [5, 5.41) is 3.11. The smallest absolute Gasteiger partial charge is 0.317 e. The number of hydrogen-bond donors (Lipinski definition) is 1. The number of sulfonamides is 1. The topological polar surface area (TPSA) is 79.0 Å². The molecule has 1 heterocycles. The van der Waals surface area contributed by atoms with Gasteiger partial charge in [-0.1, -0.05) is 19.3 Å². The molecule has 1 N–H and O–H groups in total. The van der Waals surface area contributed by atoms with Crippen LogP contribution in [0.2, 0.25) is 0 Å². The minimum atomic E-state index is -3.59. The molecule has 2 aliphatic rings. The number of rotatable bonds is 5. The number of urea groups is 1. The van der Waals surface area contributed by atoms with Crippen LogP contribution in [0.3, 0.4) is 0 Å². The lowest BCUT2D eigenvalue weighted by Gasteiger charge is -2.35. The Morgan fingerprint density at radius 3 is 2.34 bits per heavy atom. The molecule has 2 fully saturated rings. The first-order chi connectivity index (χ1) is 13.8. The Kier molecular flexibility index (Phi) is 7.05. The molecule has 0 bridgehead atoms. The molecule has 8 heteroatoms. The lowest BCUT2D eigenvalue weighted by atomic mass is 9.96. The van der Waals surface area contributed by atoms with Gasteiger partial charge in [-0.05, 0) is 57.4 Å². The summed E-state index contributed by atoms with van der Waals surface area (Å²) < 4.78 is 33.2. The van der Waals surface area contributed by atoms with Crippen molar-refractivity contribution in [3.8, 4) is 5.75 Å². The van der Waals surface area contributed by atoms with Crippen molar-refractivity contribution in [1.82, 2.24) is 14.5 Å². The van der Waals surface area contributed by atoms with Crippen molar-refractivity contribution in [3.63, 3.8) is 0 Å². The molecule has 3 rings (SSSR count). The standard InChI is InChI=1S/C21H33N3O4S/c1-16(2)28-20-10-9-19(15-17(20)3)29(26,27)24-13-11-23(12-14-24)21(25)22-18-7-5-4-6-8-18/h9-10,15-16,18H,4-8,11-14H2,1-3H3,(H,22,25). The van der Waals surface area contributed by atoms with Crippen molar-refractivity contribution in [3.05, 3.63) is 23.8 Å². The van der Waals surface area contributed by atoms with Crippen LogP contribution in [0.15, 0.2) is 23.1 Å². The third-order valence-corrected chi connectivity index (χ3v) is 7.50. The Balaban J connectivity index is 1.59. The number of nitrogens with one attached hydrogen (secondary N) is 1. The average molecular weight is 424 g/mol. The highest BCUT2D eigenvalue weighted by atomic mass is 32.2. The van der Waals surface area contributed by atoms with Crippen molar-refractivity contribution < 1.29 is 17.9 Å². The van der Waals surface area contributed by atoms with Gasteiger partial charge in [0.25, 0.3) is 0 Å². The van der Waals surface area contributed by atoms with Crippen LogP contribution in [0.4, 0.5) is 4.79 Å². The molecule has 29 heavy (non-hydrogen) atoms. The maximum Gasteiger partial charge on any atom is 0.317 e. The minimum absolute atomic E-state index is 0.0315. The molecular weight excluding hydrogens is 390 g/mol. The number of benzene rings is 1. The highest BCUT2D eigenvalue weighted by Gasteiger charge is 2.31. The zero-order chi connectivity index (χ0) is 21.0. The zero-order valence-electron chi connectivity index (χ0n) is 17.7. The predicted octanol–water partition coefficient (Wildman–Crippen LogP) is 3.13. The van der Waals surface area contributed by atoms with E-state index in [1.165, 1.54) is 10.7 Å². The van der Waals surface area contributed by atoms with Crippen LogP contribution < -0.4 is 10.1 Å². The van der Waals surface area contributed by atoms with Crippen molar-refractivity contribution in [2.24, 2.45) is 0 Å². The molecule has 7 nitrogen and oxygen atoms in total. The molecule has 1 aromatic carbocycles. The van der Waals surface area contributed by atoms with E-state index in [0.29, 0.717) is 31.9 Å². The summed E-state index contributed by atoms with van der Waals surface area (Å²) in [6.07, 6.45) is 5.68. The average Bonchev–Trinajstić information content (AvgIpc) is 2.70. The van der Waals surface area contributed by atoms with E-state index in [1.54, 1.807) is 23.1 Å². The van der Waals surface area contributed by atoms with E-state index in [9.17, 15) is 13.2 Å². The molecule has 1 saturated heterocycles. The van der Waals surface area contributed by atoms with Crippen LogP contribution in [-0.4, -0.2) is 62.0 Å². The van der Waals surface area contributed by atoms with E-state index < -0.39 is 10.0 Å². The van der Waals surface area contributed by atoms with Gasteiger partial charge in [0.2, 0.25) is 10.0 Å². The van der Waals surface area contributed by atoms with Crippen molar-refractivity contribution >= 4 is 16.1 Å². The van der Waals surface area contributed by atoms with E-state index >= 15 is 0 Å². The first kappa shape index (κ1) is 21.9. The molecule has 2 amide bonds. The van der Waals surface area contributed by atoms with E-state index in [0.717, 1.165) is 31.2 Å². The molecule has 162 valence electrons. The van der Waals surface area contributed by atoms with Gasteiger partial charge in [0.15, 0.2) is 0 Å². The third kappa shape index (κ3) is 5.42. The van der Waals surface area contributed by atoms with E-state index in [1.807, 2.05) is 20.8 Å². The van der Waals surface area contributed by atoms with E-state index in [4.69, 9.17) is 4.74 Å². The van der Waals surface area contributed by atoms with Gasteiger partial charge >= 0.3 is 6.03 Å². The minimum Gasteiger partial charge on any atom is -0.491 e. The Labute approximate surface area is 174 Å². The number of piperazine rings is 1. The molecular formula is C21H33N3O4S. The number of carbonyl (C=O) groups excluding carboxylic acids is 1. The number of carbonyl (C=O) groups is 1. The van der Waals surface area contributed by atoms with Crippen LogP contribution in [0.1, 0.15) is 51.5 Å². The molecule has 1 aliphatic heterocycles. The number of hydrogen-bond acceptors (Lipinski definition) is 4. The Morgan fingerprint density at radius 2 is 1.76 bits per heavy atom. The quantitative estimate of drug-likeness (QED) is 0.789. The van der Waals surface area contributed by atoms with Crippen LogP contribution in [0.5, 0.6) is 5.75 Å². The largest absolute Gasteiger partial charge is 0.491 e. The SMILES string of the molecule is Cc1cc(S(=O)(=O)N2CCN(C(=O)NC3CCCCC3)CC2)ccc1OC(C)C. The second-order valence-electron chi connectivity index (χ2n) is 8.27. The summed E-state index contributed by atoms with van der Waals surface area (Å²) in [4.78, 5) is 14.5. The summed E-state index contributed by atoms with van der Waals surface area (Å²) in [7, 11) is -3.59. The van der Waals surface area contributed by atoms with Crippen LogP contribution in [0, 0.1) is 6.92 Å². The summed E-state index contributed by atoms with van der Waals surface area (Å²) in [5.41, 5.74) is 0.797. The van der Waals surface area contributed by atoms with Gasteiger partial charge in [0, 0.05) is 32.2 Å². The molecule has 0 radical (unpaired) electrons. The second kappa shape index (κ2) is 9.34. The molecule has 1 saturated carbocycles. The highest BCUT2D eigenvalue weighted by Crippen LogP contribution is 2.25. The van der Waals surface area contributed by atoms with E-state index in [2.05, 4.69) is 5.32 Å². The summed E-state index contributed by atoms with van der Waals surface area (Å²) in [6, 6.07) is 5.17. The predicted molar refractivity (Wildman–Crippen MR) is 113 cm³/mol. The first-order valence-electron chi connectivity index (χ1n) is 10.6. The van der Waals surface area contributed by atoms with Crippen molar-refractivity contribution in [1.29, 1.82) is 0 Å². The second-order valence-corrected chi connectivity index (χ2v) is 10.2. The molecule has 0 unspecified atom stereocenters. The maximum atomic E-state index is 13.0. The van der Waals surface area contributed by atoms with Crippen molar-refractivity contribution in [2.45, 2.75) is 69.9 Å². The fourth-order valence-corrected chi connectivity index (χ4v) is 5.47. The van der Waals surface area contributed by atoms with E-state index in [-0.39, 0.29) is 23.1 Å². The van der Waals surface area contributed by atoms with Gasteiger partial charge in [0.1, 0.15) is 5.75 Å². The Hall–Kier alpha value is -1.80. The third-order valence-electron chi connectivity index (χ3n) is 5.61. The van der Waals surface area contributed by atoms with Crippen LogP contribution in [0.25, 0.3) is 0 Å². The van der Waals surface area contributed by atoms with Gasteiger partial charge in [-0.3, -0.25) is 0 Å². The lowest BCUT2D eigenvalue weighted by molar-refractivity contribution is 0.166. The monoisotopic (exact) mass is 423 g/mol. The molecule has 0 spiro atoms. The summed E-state index contributed by atoms with van der Waals surface area (Å²) in [5.74, 6) is 0.697. The number of ether oxygens (including phenoxy) is 1. The van der Waals surface area contributed by atoms with Gasteiger partial charge in [-0.25, -0.2) is 13.2 Å². The van der Waals surface area contributed by atoms with Gasteiger partial charge in [0.05, 0.1) is 11.0 Å². The first-order valence-corrected chi connectivity index (χ1v) is 12.0. The molecule has 0 atom stereocenters. The molecule has 1 aromatic rings. The number of aryl methyl sites for hydroxylation is 1. The van der Waals surface area contributed by atoms with Gasteiger partial charge in [-0.15, -0.1) is 0 Å². The van der Waals surface area contributed by atoms with Gasteiger partial charge < -0.3 is 15.0 Å². The summed E-state index contributed by atoms with van der Waals surface area (Å²) >= 11 is 0. The fourth-order valence-electron chi connectivity index (χ4n) is 3.96.